The molecule has 0 saturated carbocycles. The SMILES string of the molecule is CNC(=S)Nc1ccc(CC2CN(CC(=O)O)CCN3C[CH](OO)[111In]([CH](OO)C3)[CH](OO)CN2CC(=O)O)cc1. The molecule has 40 heavy (non-hydrogen) atoms. The van der Waals surface area contributed by atoms with Gasteiger partial charge in [-0.05, 0) is 0 Å². The first-order valence-corrected chi connectivity index (χ1v) is 18.9. The summed E-state index contributed by atoms with van der Waals surface area (Å²) in [4.78, 5) is 43.4. The van der Waals surface area contributed by atoms with Crippen molar-refractivity contribution in [2.45, 2.75) is 24.0 Å². The van der Waals surface area contributed by atoms with Gasteiger partial charge in [0.1, 0.15) is 0 Å². The van der Waals surface area contributed by atoms with E-state index in [0.29, 0.717) is 24.6 Å². The van der Waals surface area contributed by atoms with E-state index in [1.165, 1.54) is 0 Å². The molecule has 0 aromatic heterocycles. The molecule has 4 rings (SSSR count). The molecule has 0 spiro atoms. The molecule has 4 unspecified atom stereocenters. The summed E-state index contributed by atoms with van der Waals surface area (Å²) in [6.45, 7) is 0.742. The Morgan fingerprint density at radius 3 is 2.02 bits per heavy atom. The predicted molar refractivity (Wildman–Crippen MR) is 147 cm³/mol. The third-order valence-corrected chi connectivity index (χ3v) is 17.8. The average Bonchev–Trinajstić information content (AvgIpc) is 2.92. The van der Waals surface area contributed by atoms with E-state index in [9.17, 15) is 35.6 Å². The minimum atomic E-state index is -3.54. The van der Waals surface area contributed by atoms with Crippen LogP contribution in [0, 0.1) is 0 Å². The standard InChI is InChI=1S/C23H36N5O10S.In/c1-24-23(39)25-19-4-2-18(3-5-19)14-20(28(10-13-38-35)17-22(31)32)15-27(16-21(29)30)7-6-26(8-11-36-33)9-12-37-34;/h2-5,11-13,20,33-35H,6-10,14-17H2,1H3,(H,29,30)(H,31,32)(H2,24,25,39);/i;1-4. The third kappa shape index (κ3) is 9.45. The number of nitrogens with zero attached hydrogens (tertiary/aromatic N) is 3. The van der Waals surface area contributed by atoms with Crippen LogP contribution in [-0.2, 0) is 30.7 Å². The Bertz CT molecular complexity index is 981. The van der Waals surface area contributed by atoms with Crippen molar-refractivity contribution >= 4 is 56.4 Å². The Balaban J connectivity index is 1.98. The van der Waals surface area contributed by atoms with E-state index in [-0.39, 0.29) is 32.7 Å². The number of thiocarbonyl (C=S) groups is 1. The summed E-state index contributed by atoms with van der Waals surface area (Å²) in [7, 11) is 1.70. The molecule has 4 atom stereocenters. The van der Waals surface area contributed by atoms with Crippen LogP contribution < -0.4 is 10.6 Å². The number of hydrogen-bond acceptors (Lipinski definition) is 12. The summed E-state index contributed by atoms with van der Waals surface area (Å²) in [5.74, 6) is -2.15. The van der Waals surface area contributed by atoms with Gasteiger partial charge in [-0.2, -0.15) is 0 Å². The van der Waals surface area contributed by atoms with Crippen molar-refractivity contribution in [2.24, 2.45) is 0 Å². The molecule has 0 radical (unpaired) electrons. The number of anilines is 1. The van der Waals surface area contributed by atoms with Crippen LogP contribution in [0.1, 0.15) is 5.56 Å². The van der Waals surface area contributed by atoms with E-state index in [0.717, 1.165) is 11.3 Å². The van der Waals surface area contributed by atoms with Gasteiger partial charge in [0.2, 0.25) is 0 Å². The van der Waals surface area contributed by atoms with E-state index in [2.05, 4.69) is 10.6 Å². The monoisotopic (exact) mass is 685 g/mol. The van der Waals surface area contributed by atoms with Crippen LogP contribution in [0.5, 0.6) is 0 Å². The van der Waals surface area contributed by atoms with Gasteiger partial charge >= 0.3 is 238 Å². The molecule has 17 heteroatoms. The number of nitrogens with one attached hydrogen (secondary N) is 2. The molecule has 3 saturated heterocycles. The summed E-state index contributed by atoms with van der Waals surface area (Å²) < 4.78 is -2.40. The Kier molecular flexibility index (Phi) is 13.2. The Hall–Kier alpha value is -1.64. The summed E-state index contributed by atoms with van der Waals surface area (Å²) in [6.07, 6.45) is 0.363. The van der Waals surface area contributed by atoms with E-state index in [1.807, 2.05) is 29.2 Å². The third-order valence-electron chi connectivity index (χ3n) is 7.31. The molecule has 0 aliphatic carbocycles. The van der Waals surface area contributed by atoms with Gasteiger partial charge in [-0.3, -0.25) is 0 Å². The van der Waals surface area contributed by atoms with Gasteiger partial charge in [0, 0.05) is 7.05 Å². The minimum absolute atomic E-state index is 0.0507. The fraction of sp³-hybridized carbons (Fsp3) is 0.609. The second kappa shape index (κ2) is 16.1. The first kappa shape index (κ1) is 32.9. The fourth-order valence-corrected chi connectivity index (χ4v) is 15.4. The normalized spacial score (nSPS) is 26.5. The molecule has 3 fully saturated rings. The molecule has 0 amide bonds. The molecule has 222 valence electrons. The van der Waals surface area contributed by atoms with Crippen molar-refractivity contribution in [3.05, 3.63) is 29.8 Å². The molecule has 3 aliphatic heterocycles. The first-order chi connectivity index (χ1) is 19.2. The van der Waals surface area contributed by atoms with E-state index in [4.69, 9.17) is 26.9 Å². The van der Waals surface area contributed by atoms with Gasteiger partial charge in [0.05, 0.1) is 0 Å². The van der Waals surface area contributed by atoms with Crippen LogP contribution in [0.4, 0.5) is 5.69 Å². The predicted octanol–water partition coefficient (Wildman–Crippen LogP) is -0.697. The maximum absolute atomic E-state index is 12.0. The van der Waals surface area contributed by atoms with Crippen LogP contribution in [0.25, 0.3) is 0 Å². The van der Waals surface area contributed by atoms with Crippen molar-refractivity contribution in [1.82, 2.24) is 20.0 Å². The van der Waals surface area contributed by atoms with Crippen molar-refractivity contribution in [3.8, 4) is 0 Å². The zero-order chi connectivity index (χ0) is 29.2. The van der Waals surface area contributed by atoms with Crippen LogP contribution in [-0.4, -0.2) is 156 Å². The molecule has 3 heterocycles. The van der Waals surface area contributed by atoms with Crippen molar-refractivity contribution in [3.63, 3.8) is 0 Å². The summed E-state index contributed by atoms with van der Waals surface area (Å²) >= 11 is 1.60. The van der Waals surface area contributed by atoms with Gasteiger partial charge in [-0.25, -0.2) is 0 Å². The summed E-state index contributed by atoms with van der Waals surface area (Å²) in [6, 6.07) is 6.91. The van der Waals surface area contributed by atoms with Gasteiger partial charge in [-0.15, -0.1) is 0 Å². The fourth-order valence-electron chi connectivity index (χ4n) is 5.41. The van der Waals surface area contributed by atoms with E-state index in [1.54, 1.807) is 16.8 Å². The molecule has 15 nitrogen and oxygen atoms in total. The second-order valence-electron chi connectivity index (χ2n) is 9.98. The van der Waals surface area contributed by atoms with Gasteiger partial charge in [0.15, 0.2) is 0 Å². The molecule has 1 aromatic carbocycles. The number of aliphatic carboxylic acids is 2. The van der Waals surface area contributed by atoms with Crippen molar-refractivity contribution < 1.29 is 50.2 Å². The van der Waals surface area contributed by atoms with Crippen LogP contribution in [0.2, 0.25) is 0 Å². The zero-order valence-electron chi connectivity index (χ0n) is 22.1. The maximum atomic E-state index is 12.0. The van der Waals surface area contributed by atoms with Gasteiger partial charge in [0.25, 0.3) is 0 Å². The van der Waals surface area contributed by atoms with E-state index < -0.39 is 57.5 Å². The molecule has 3 aliphatic rings. The molecule has 2 bridgehead atoms. The number of carbonyl (C=O) groups is 2. The van der Waals surface area contributed by atoms with Crippen molar-refractivity contribution in [1.29, 1.82) is 0 Å². The summed E-state index contributed by atoms with van der Waals surface area (Å²) in [5.41, 5.74) is 1.63. The molecular weight excluding hydrogens is 649 g/mol. The van der Waals surface area contributed by atoms with Gasteiger partial charge < -0.3 is 0 Å². The topological polar surface area (TPSA) is 197 Å². The van der Waals surface area contributed by atoms with Crippen LogP contribution >= 0.6 is 12.2 Å². The number of hydrogen-bond donors (Lipinski definition) is 7. The quantitative estimate of drug-likeness (QED) is 0.0927. The zero-order valence-corrected chi connectivity index (χ0v) is 26.2. The number of fused-ring (bicyclic) bond motifs is 9. The Morgan fingerprint density at radius 2 is 1.50 bits per heavy atom. The van der Waals surface area contributed by atoms with Gasteiger partial charge in [-0.1, -0.05) is 0 Å². The number of benzene rings is 1. The second-order valence-corrected chi connectivity index (χ2v) is 20.1. The average molecular weight is 686 g/mol. The Morgan fingerprint density at radius 1 is 0.925 bits per heavy atom. The number of carboxylic acids is 2. The molecule has 7 N–H and O–H groups in total. The molecule has 1 aromatic rings. The molecular formula is C23H36InN5O10S. The number of rotatable bonds is 10. The van der Waals surface area contributed by atoms with E-state index >= 15 is 0 Å². The van der Waals surface area contributed by atoms with Crippen molar-refractivity contribution in [2.75, 3.05) is 64.7 Å². The summed E-state index contributed by atoms with van der Waals surface area (Å²) in [5, 5.41) is 55.0. The van der Waals surface area contributed by atoms with Crippen LogP contribution in [0.15, 0.2) is 24.3 Å². The van der Waals surface area contributed by atoms with Crippen LogP contribution in [0.3, 0.4) is 0 Å². The Labute approximate surface area is 244 Å². The number of carboxylic acid groups (broad SMARTS) is 2. The first-order valence-electron chi connectivity index (χ1n) is 12.8.